The molecule has 0 fully saturated rings. The quantitative estimate of drug-likeness (QED) is 0.599. The lowest BCUT2D eigenvalue weighted by atomic mass is 10.1. The van der Waals surface area contributed by atoms with Gasteiger partial charge in [-0.2, -0.15) is 0 Å². The summed E-state index contributed by atoms with van der Waals surface area (Å²) < 4.78 is 7.09. The topological polar surface area (TPSA) is 25.4 Å². The summed E-state index contributed by atoms with van der Waals surface area (Å²) in [4.78, 5) is 7.06. The highest BCUT2D eigenvalue weighted by molar-refractivity contribution is 7.18. The van der Waals surface area contributed by atoms with Crippen LogP contribution in [-0.2, 0) is 6.42 Å². The molecular formula is C20H24N2OS. The molecule has 3 nitrogen and oxygen atoms in total. The molecule has 0 saturated heterocycles. The van der Waals surface area contributed by atoms with E-state index in [9.17, 15) is 0 Å². The largest absolute Gasteiger partial charge is 0.492 e. The minimum atomic E-state index is 0.735. The van der Waals surface area contributed by atoms with Crippen LogP contribution in [0.4, 0.5) is 0 Å². The minimum absolute atomic E-state index is 0.735. The Labute approximate surface area is 147 Å². The van der Waals surface area contributed by atoms with Crippen molar-refractivity contribution in [1.82, 2.24) is 9.88 Å². The average molecular weight is 340 g/mol. The second-order valence-corrected chi connectivity index (χ2v) is 6.89. The van der Waals surface area contributed by atoms with E-state index in [1.165, 1.54) is 10.3 Å². The van der Waals surface area contributed by atoms with Crippen LogP contribution >= 0.6 is 11.3 Å². The van der Waals surface area contributed by atoms with E-state index in [1.807, 2.05) is 6.07 Å². The normalized spacial score (nSPS) is 11.3. The van der Waals surface area contributed by atoms with Gasteiger partial charge < -0.3 is 9.64 Å². The second-order valence-electron chi connectivity index (χ2n) is 5.77. The molecule has 0 amide bonds. The van der Waals surface area contributed by atoms with Gasteiger partial charge in [0, 0.05) is 13.0 Å². The van der Waals surface area contributed by atoms with Crippen LogP contribution in [0.5, 0.6) is 5.75 Å². The molecule has 0 aliphatic heterocycles. The summed E-state index contributed by atoms with van der Waals surface area (Å²) in [5, 5.41) is 1.16. The molecule has 3 aromatic rings. The summed E-state index contributed by atoms with van der Waals surface area (Å²) in [7, 11) is 0. The van der Waals surface area contributed by atoms with Crippen LogP contribution in [0.3, 0.4) is 0 Å². The Balaban J connectivity index is 1.56. The zero-order valence-electron chi connectivity index (χ0n) is 14.4. The predicted molar refractivity (Wildman–Crippen MR) is 102 cm³/mol. The summed E-state index contributed by atoms with van der Waals surface area (Å²) in [6.07, 6.45) is 0.874. The molecule has 0 aliphatic carbocycles. The van der Waals surface area contributed by atoms with E-state index >= 15 is 0 Å². The molecule has 0 saturated carbocycles. The Bertz CT molecular complexity index is 730. The van der Waals surface area contributed by atoms with Crippen molar-refractivity contribution >= 4 is 21.6 Å². The molecule has 0 unspecified atom stereocenters. The molecule has 0 atom stereocenters. The molecule has 24 heavy (non-hydrogen) atoms. The van der Waals surface area contributed by atoms with Crippen LogP contribution in [-0.4, -0.2) is 36.1 Å². The number of para-hydroxylation sites is 1. The Morgan fingerprint density at radius 2 is 1.75 bits per heavy atom. The molecule has 0 spiro atoms. The van der Waals surface area contributed by atoms with Gasteiger partial charge in [0.1, 0.15) is 12.4 Å². The fraction of sp³-hybridized carbons (Fsp3) is 0.350. The molecule has 4 heteroatoms. The highest BCUT2D eigenvalue weighted by Gasteiger charge is 2.05. The maximum absolute atomic E-state index is 5.84. The molecule has 1 aromatic heterocycles. The summed E-state index contributed by atoms with van der Waals surface area (Å²) in [6.45, 7) is 8.21. The highest BCUT2D eigenvalue weighted by atomic mass is 32.1. The number of nitrogens with zero attached hydrogens (tertiary/aromatic N) is 2. The number of benzene rings is 2. The first-order valence-electron chi connectivity index (χ1n) is 8.57. The van der Waals surface area contributed by atoms with Crippen molar-refractivity contribution in [3.8, 4) is 5.75 Å². The van der Waals surface area contributed by atoms with Gasteiger partial charge in [0.15, 0.2) is 0 Å². The number of ether oxygens (including phenoxy) is 1. The third-order valence-electron chi connectivity index (χ3n) is 4.19. The van der Waals surface area contributed by atoms with Gasteiger partial charge in [-0.1, -0.05) is 38.1 Å². The van der Waals surface area contributed by atoms with Crippen LogP contribution in [0.1, 0.15) is 24.4 Å². The summed E-state index contributed by atoms with van der Waals surface area (Å²) >= 11 is 1.77. The van der Waals surface area contributed by atoms with Crippen LogP contribution in [0, 0.1) is 0 Å². The van der Waals surface area contributed by atoms with Crippen molar-refractivity contribution in [2.75, 3.05) is 26.2 Å². The zero-order chi connectivity index (χ0) is 16.8. The van der Waals surface area contributed by atoms with E-state index in [0.29, 0.717) is 0 Å². The second kappa shape index (κ2) is 8.27. The molecule has 2 aromatic carbocycles. The van der Waals surface area contributed by atoms with Gasteiger partial charge >= 0.3 is 0 Å². The van der Waals surface area contributed by atoms with Crippen molar-refractivity contribution in [3.05, 3.63) is 59.1 Å². The van der Waals surface area contributed by atoms with Gasteiger partial charge in [0.25, 0.3) is 0 Å². The lowest BCUT2D eigenvalue weighted by molar-refractivity contribution is 0.223. The summed E-state index contributed by atoms with van der Waals surface area (Å²) in [5.41, 5.74) is 2.36. The molecule has 0 bridgehead atoms. The summed E-state index contributed by atoms with van der Waals surface area (Å²) in [5.74, 6) is 0.940. The first-order chi connectivity index (χ1) is 11.8. The van der Waals surface area contributed by atoms with Gasteiger partial charge in [0.2, 0.25) is 0 Å². The third-order valence-corrected chi connectivity index (χ3v) is 5.22. The fourth-order valence-corrected chi connectivity index (χ4v) is 3.71. The Morgan fingerprint density at radius 1 is 1.00 bits per heavy atom. The van der Waals surface area contributed by atoms with E-state index in [0.717, 1.165) is 48.9 Å². The Kier molecular flexibility index (Phi) is 5.83. The van der Waals surface area contributed by atoms with E-state index in [4.69, 9.17) is 9.72 Å². The van der Waals surface area contributed by atoms with Crippen molar-refractivity contribution in [2.24, 2.45) is 0 Å². The molecule has 3 rings (SSSR count). The zero-order valence-corrected chi connectivity index (χ0v) is 15.2. The van der Waals surface area contributed by atoms with E-state index in [1.54, 1.807) is 11.3 Å². The third kappa shape index (κ3) is 4.34. The predicted octanol–water partition coefficient (Wildman–Crippen LogP) is 4.61. The molecule has 0 radical (unpaired) electrons. The first kappa shape index (κ1) is 16.9. The lowest BCUT2D eigenvalue weighted by Gasteiger charge is -2.18. The number of rotatable bonds is 8. The van der Waals surface area contributed by atoms with Gasteiger partial charge in [-0.25, -0.2) is 4.98 Å². The van der Waals surface area contributed by atoms with Crippen molar-refractivity contribution in [3.63, 3.8) is 0 Å². The van der Waals surface area contributed by atoms with Crippen LogP contribution in [0.15, 0.2) is 48.5 Å². The Morgan fingerprint density at radius 3 is 2.46 bits per heavy atom. The number of thiazole rings is 1. The fourth-order valence-electron chi connectivity index (χ4n) is 2.71. The SMILES string of the molecule is CCN(CC)CCOc1ccc(Cc2nc3ccccc3s2)cc1. The first-order valence-corrected chi connectivity index (χ1v) is 9.38. The summed E-state index contributed by atoms with van der Waals surface area (Å²) in [6, 6.07) is 16.7. The van der Waals surface area contributed by atoms with Crippen LogP contribution in [0.2, 0.25) is 0 Å². The van der Waals surface area contributed by atoms with E-state index in [2.05, 4.69) is 61.2 Å². The highest BCUT2D eigenvalue weighted by Crippen LogP contribution is 2.24. The number of likely N-dealkylation sites (N-methyl/N-ethyl adjacent to an activating group) is 1. The number of aromatic nitrogens is 1. The van der Waals surface area contributed by atoms with Crippen molar-refractivity contribution < 1.29 is 4.74 Å². The van der Waals surface area contributed by atoms with Gasteiger partial charge in [-0.3, -0.25) is 0 Å². The van der Waals surface area contributed by atoms with Gasteiger partial charge in [-0.05, 0) is 42.9 Å². The standard InChI is InChI=1S/C20H24N2OS/c1-3-22(4-2)13-14-23-17-11-9-16(10-12-17)15-20-21-18-7-5-6-8-19(18)24-20/h5-12H,3-4,13-15H2,1-2H3. The molecular weight excluding hydrogens is 316 g/mol. The number of hydrogen-bond donors (Lipinski definition) is 0. The van der Waals surface area contributed by atoms with E-state index in [-0.39, 0.29) is 0 Å². The molecule has 1 heterocycles. The number of hydrogen-bond acceptors (Lipinski definition) is 4. The minimum Gasteiger partial charge on any atom is -0.492 e. The van der Waals surface area contributed by atoms with Crippen LogP contribution in [0.25, 0.3) is 10.2 Å². The average Bonchev–Trinajstić information content (AvgIpc) is 3.02. The molecule has 0 N–H and O–H groups in total. The molecule has 126 valence electrons. The smallest absolute Gasteiger partial charge is 0.119 e. The van der Waals surface area contributed by atoms with Crippen molar-refractivity contribution in [2.45, 2.75) is 20.3 Å². The monoisotopic (exact) mass is 340 g/mol. The number of fused-ring (bicyclic) bond motifs is 1. The van der Waals surface area contributed by atoms with Crippen LogP contribution < -0.4 is 4.74 Å². The Hall–Kier alpha value is -1.91. The van der Waals surface area contributed by atoms with Crippen molar-refractivity contribution in [1.29, 1.82) is 0 Å². The van der Waals surface area contributed by atoms with Gasteiger partial charge in [0.05, 0.1) is 15.2 Å². The molecule has 0 aliphatic rings. The van der Waals surface area contributed by atoms with E-state index < -0.39 is 0 Å². The van der Waals surface area contributed by atoms with Gasteiger partial charge in [-0.15, -0.1) is 11.3 Å². The maximum Gasteiger partial charge on any atom is 0.119 e. The lowest BCUT2D eigenvalue weighted by Crippen LogP contribution is -2.27. The maximum atomic E-state index is 5.84.